The fraction of sp³-hybridized carbons (Fsp3) is 0.600. The average molecular weight is 331 g/mol. The maximum absolute atomic E-state index is 12.4. The highest BCUT2D eigenvalue weighted by Crippen LogP contribution is 2.35. The second kappa shape index (κ2) is 6.33. The molecule has 2 N–H and O–H groups in total. The molecule has 1 saturated carbocycles. The van der Waals surface area contributed by atoms with Crippen molar-refractivity contribution in [1.82, 2.24) is 34.5 Å². The fourth-order valence-corrected chi connectivity index (χ4v) is 3.19. The van der Waals surface area contributed by atoms with Crippen molar-refractivity contribution in [1.29, 1.82) is 0 Å². The minimum atomic E-state index is -0.594. The topological polar surface area (TPSA) is 103 Å². The molecule has 2 fully saturated rings. The third-order valence-electron chi connectivity index (χ3n) is 4.55. The summed E-state index contributed by atoms with van der Waals surface area (Å²) >= 11 is 0. The Morgan fingerprint density at radius 1 is 1.29 bits per heavy atom. The summed E-state index contributed by atoms with van der Waals surface area (Å²) in [7, 11) is 0. The average Bonchev–Trinajstić information content (AvgIpc) is 3.12. The number of carbonyl (C=O) groups is 1. The van der Waals surface area contributed by atoms with Crippen molar-refractivity contribution in [2.24, 2.45) is 0 Å². The number of hydrogen-bond donors (Lipinski definition) is 2. The van der Waals surface area contributed by atoms with Gasteiger partial charge in [-0.3, -0.25) is 14.8 Å². The van der Waals surface area contributed by atoms with Crippen molar-refractivity contribution in [3.05, 3.63) is 30.4 Å². The van der Waals surface area contributed by atoms with Gasteiger partial charge in [0.1, 0.15) is 12.2 Å². The monoisotopic (exact) mass is 331 g/mol. The zero-order valence-corrected chi connectivity index (χ0v) is 13.4. The Kier molecular flexibility index (Phi) is 4.03. The lowest BCUT2D eigenvalue weighted by Gasteiger charge is -2.21. The molecule has 1 unspecified atom stereocenters. The zero-order valence-electron chi connectivity index (χ0n) is 13.4. The molecule has 1 saturated heterocycles. The summed E-state index contributed by atoms with van der Waals surface area (Å²) in [5, 5.41) is 16.6. The maximum atomic E-state index is 12.4. The second-order valence-corrected chi connectivity index (χ2v) is 6.46. The van der Waals surface area contributed by atoms with Crippen LogP contribution in [0.1, 0.15) is 35.3 Å². The maximum Gasteiger partial charge on any atom is 0.291 e. The Balaban J connectivity index is 1.42. The van der Waals surface area contributed by atoms with Gasteiger partial charge in [0.05, 0.1) is 12.6 Å². The molecule has 1 aliphatic heterocycles. The first-order chi connectivity index (χ1) is 11.7. The van der Waals surface area contributed by atoms with Crippen LogP contribution in [0.5, 0.6) is 0 Å². The van der Waals surface area contributed by atoms with E-state index in [2.05, 4.69) is 29.6 Å². The smallest absolute Gasteiger partial charge is 0.291 e. The lowest BCUT2D eigenvalue weighted by Crippen LogP contribution is -2.38. The highest BCUT2D eigenvalue weighted by Gasteiger charge is 2.29. The van der Waals surface area contributed by atoms with Crippen molar-refractivity contribution in [2.45, 2.75) is 31.5 Å². The van der Waals surface area contributed by atoms with Crippen LogP contribution in [-0.4, -0.2) is 77.8 Å². The summed E-state index contributed by atoms with van der Waals surface area (Å²) in [6, 6.07) is 0.587. The number of β-amino-alcohol motifs (C(OH)–C–C–N with tert-alkyl or cyclic N) is 1. The molecule has 9 heteroatoms. The molecule has 0 bridgehead atoms. The number of aliphatic hydroxyl groups is 1. The standard InChI is InChI=1S/C15H21N7O2/c23-12-7-20(9-13-16-3-4-22(13)11-1-2-11)5-6-21(8-12)15(24)14-17-10-18-19-14/h3-4,10-12,23H,1-2,5-9H2,(H,17,18,19). The summed E-state index contributed by atoms with van der Waals surface area (Å²) in [6.45, 7) is 2.74. The molecular weight excluding hydrogens is 310 g/mol. The summed E-state index contributed by atoms with van der Waals surface area (Å²) in [5.41, 5.74) is 0. The number of nitrogens with one attached hydrogen (secondary N) is 1. The molecule has 24 heavy (non-hydrogen) atoms. The number of aromatic amines is 1. The van der Waals surface area contributed by atoms with Crippen LogP contribution in [0.4, 0.5) is 0 Å². The molecular formula is C15H21N7O2. The van der Waals surface area contributed by atoms with E-state index in [1.165, 1.54) is 19.2 Å². The number of carbonyl (C=O) groups excluding carboxylic acids is 1. The predicted octanol–water partition coefficient (Wildman–Crippen LogP) is -0.345. The molecule has 3 heterocycles. The molecule has 0 radical (unpaired) electrons. The first kappa shape index (κ1) is 15.3. The van der Waals surface area contributed by atoms with Gasteiger partial charge in [-0.05, 0) is 12.8 Å². The quantitative estimate of drug-likeness (QED) is 0.794. The Bertz CT molecular complexity index is 695. The number of H-pyrrole nitrogens is 1. The number of imidazole rings is 1. The van der Waals surface area contributed by atoms with Crippen LogP contribution >= 0.6 is 0 Å². The van der Waals surface area contributed by atoms with E-state index in [4.69, 9.17) is 0 Å². The highest BCUT2D eigenvalue weighted by molar-refractivity contribution is 5.90. The van der Waals surface area contributed by atoms with Crippen molar-refractivity contribution in [3.63, 3.8) is 0 Å². The normalized spacial score (nSPS) is 22.5. The van der Waals surface area contributed by atoms with Gasteiger partial charge < -0.3 is 14.6 Å². The summed E-state index contributed by atoms with van der Waals surface area (Å²) in [6.07, 6.45) is 7.01. The molecule has 2 aliphatic rings. The first-order valence-electron chi connectivity index (χ1n) is 8.27. The van der Waals surface area contributed by atoms with Crippen LogP contribution in [0.25, 0.3) is 0 Å². The number of amides is 1. The Labute approximate surface area is 139 Å². The summed E-state index contributed by atoms with van der Waals surface area (Å²) < 4.78 is 2.23. The molecule has 0 spiro atoms. The van der Waals surface area contributed by atoms with E-state index in [0.29, 0.717) is 38.8 Å². The van der Waals surface area contributed by atoms with Crippen molar-refractivity contribution in [3.8, 4) is 0 Å². The van der Waals surface area contributed by atoms with E-state index in [-0.39, 0.29) is 11.7 Å². The van der Waals surface area contributed by atoms with Crippen LogP contribution in [0.3, 0.4) is 0 Å². The van der Waals surface area contributed by atoms with Gasteiger partial charge in [0.15, 0.2) is 0 Å². The molecule has 128 valence electrons. The van der Waals surface area contributed by atoms with E-state index < -0.39 is 6.10 Å². The van der Waals surface area contributed by atoms with Gasteiger partial charge in [0.25, 0.3) is 5.91 Å². The van der Waals surface area contributed by atoms with E-state index in [0.717, 1.165) is 5.82 Å². The lowest BCUT2D eigenvalue weighted by molar-refractivity contribution is 0.0651. The zero-order chi connectivity index (χ0) is 16.5. The van der Waals surface area contributed by atoms with Crippen molar-refractivity contribution >= 4 is 5.91 Å². The van der Waals surface area contributed by atoms with Crippen LogP contribution in [0.2, 0.25) is 0 Å². The van der Waals surface area contributed by atoms with Gasteiger partial charge >= 0.3 is 0 Å². The Hall–Kier alpha value is -2.26. The molecule has 4 rings (SSSR count). The van der Waals surface area contributed by atoms with Crippen LogP contribution < -0.4 is 0 Å². The summed E-state index contributed by atoms with van der Waals surface area (Å²) in [5.74, 6) is 1.01. The van der Waals surface area contributed by atoms with Crippen molar-refractivity contribution < 1.29 is 9.90 Å². The SMILES string of the molecule is O=C(c1ncn[nH]1)N1CCN(Cc2nccn2C2CC2)CC(O)C1. The number of rotatable bonds is 4. The van der Waals surface area contributed by atoms with Gasteiger partial charge in [-0.1, -0.05) is 0 Å². The van der Waals surface area contributed by atoms with E-state index in [1.54, 1.807) is 4.90 Å². The molecule has 1 aliphatic carbocycles. The molecule has 9 nitrogen and oxygen atoms in total. The van der Waals surface area contributed by atoms with Gasteiger partial charge in [-0.2, -0.15) is 5.10 Å². The van der Waals surface area contributed by atoms with E-state index in [9.17, 15) is 9.90 Å². The molecule has 2 aromatic rings. The lowest BCUT2D eigenvalue weighted by atomic mass is 10.3. The molecule has 1 amide bonds. The Morgan fingerprint density at radius 3 is 2.92 bits per heavy atom. The van der Waals surface area contributed by atoms with E-state index in [1.807, 2.05) is 12.4 Å². The highest BCUT2D eigenvalue weighted by atomic mass is 16.3. The number of aliphatic hydroxyl groups excluding tert-OH is 1. The minimum Gasteiger partial charge on any atom is -0.390 e. The van der Waals surface area contributed by atoms with Gasteiger partial charge in [-0.25, -0.2) is 9.97 Å². The number of nitrogens with zero attached hydrogens (tertiary/aromatic N) is 6. The van der Waals surface area contributed by atoms with Crippen LogP contribution in [0, 0.1) is 0 Å². The predicted molar refractivity (Wildman–Crippen MR) is 84.1 cm³/mol. The number of aromatic nitrogens is 5. The fourth-order valence-electron chi connectivity index (χ4n) is 3.19. The van der Waals surface area contributed by atoms with E-state index >= 15 is 0 Å². The first-order valence-corrected chi connectivity index (χ1v) is 8.27. The molecule has 0 aromatic carbocycles. The summed E-state index contributed by atoms with van der Waals surface area (Å²) in [4.78, 5) is 24.5. The molecule has 1 atom stereocenters. The van der Waals surface area contributed by atoms with Gasteiger partial charge in [0, 0.05) is 44.6 Å². The third-order valence-corrected chi connectivity index (χ3v) is 4.55. The number of hydrogen-bond acceptors (Lipinski definition) is 6. The van der Waals surface area contributed by atoms with Crippen molar-refractivity contribution in [2.75, 3.05) is 26.2 Å². The van der Waals surface area contributed by atoms with Crippen LogP contribution in [-0.2, 0) is 6.54 Å². The largest absolute Gasteiger partial charge is 0.390 e. The minimum absolute atomic E-state index is 0.208. The van der Waals surface area contributed by atoms with Gasteiger partial charge in [0.2, 0.25) is 5.82 Å². The second-order valence-electron chi connectivity index (χ2n) is 6.46. The third kappa shape index (κ3) is 3.17. The molecule has 2 aromatic heterocycles. The van der Waals surface area contributed by atoms with Crippen LogP contribution in [0.15, 0.2) is 18.7 Å². The Morgan fingerprint density at radius 2 is 2.17 bits per heavy atom. The van der Waals surface area contributed by atoms with Gasteiger partial charge in [-0.15, -0.1) is 0 Å².